The van der Waals surface area contributed by atoms with E-state index in [1.807, 2.05) is 77.4 Å². The van der Waals surface area contributed by atoms with Gasteiger partial charge in [0.25, 0.3) is 0 Å². The summed E-state index contributed by atoms with van der Waals surface area (Å²) in [4.78, 5) is 18.4. The van der Waals surface area contributed by atoms with Crippen LogP contribution in [0.25, 0.3) is 16.7 Å². The number of anilines is 1. The molecule has 1 aliphatic heterocycles. The predicted octanol–water partition coefficient (Wildman–Crippen LogP) is 5.04. The first-order chi connectivity index (χ1) is 16.7. The van der Waals surface area contributed by atoms with Crippen molar-refractivity contribution in [1.29, 1.82) is 0 Å². The molecule has 0 aliphatic carbocycles. The van der Waals surface area contributed by atoms with Gasteiger partial charge in [-0.05, 0) is 55.0 Å². The molecule has 5 rings (SSSR count). The second kappa shape index (κ2) is 8.94. The quantitative estimate of drug-likeness (QED) is 0.411. The Balaban J connectivity index is 1.83. The van der Waals surface area contributed by atoms with Crippen LogP contribution in [0.5, 0.6) is 11.5 Å². The van der Waals surface area contributed by atoms with Crippen LogP contribution in [0.15, 0.2) is 78.4 Å². The van der Waals surface area contributed by atoms with Crippen LogP contribution in [0.2, 0.25) is 0 Å². The van der Waals surface area contributed by atoms with E-state index in [1.165, 1.54) is 0 Å². The van der Waals surface area contributed by atoms with Gasteiger partial charge < -0.3 is 19.5 Å². The average molecular weight is 456 g/mol. The van der Waals surface area contributed by atoms with Crippen LogP contribution < -0.4 is 14.8 Å². The van der Waals surface area contributed by atoms with Gasteiger partial charge in [0.1, 0.15) is 17.5 Å². The molecule has 0 amide bonds. The molecule has 3 aromatic carbocycles. The van der Waals surface area contributed by atoms with Crippen molar-refractivity contribution < 1.29 is 19.0 Å². The number of nitrogens with zero attached hydrogens (tertiary/aromatic N) is 2. The molecule has 0 unspecified atom stereocenters. The van der Waals surface area contributed by atoms with Crippen LogP contribution in [0, 0.1) is 0 Å². The number of methoxy groups -OCH3 is 2. The maximum absolute atomic E-state index is 13.5. The first kappa shape index (κ1) is 21.6. The Kier molecular flexibility index (Phi) is 5.67. The van der Waals surface area contributed by atoms with Crippen molar-refractivity contribution in [3.05, 3.63) is 89.5 Å². The Hall–Kier alpha value is -4.26. The van der Waals surface area contributed by atoms with Gasteiger partial charge in [-0.15, -0.1) is 0 Å². The Morgan fingerprint density at radius 3 is 2.44 bits per heavy atom. The summed E-state index contributed by atoms with van der Waals surface area (Å²) >= 11 is 0. The maximum atomic E-state index is 13.5. The molecule has 4 aromatic rings. The molecule has 1 aromatic heterocycles. The van der Waals surface area contributed by atoms with Crippen LogP contribution in [-0.4, -0.2) is 36.3 Å². The summed E-state index contributed by atoms with van der Waals surface area (Å²) in [5.74, 6) is 1.64. The molecule has 0 saturated carbocycles. The molecule has 0 radical (unpaired) electrons. The fourth-order valence-corrected chi connectivity index (χ4v) is 4.43. The summed E-state index contributed by atoms with van der Waals surface area (Å²) in [7, 11) is 3.25. The van der Waals surface area contributed by atoms with Gasteiger partial charge in [0.05, 0.1) is 43.1 Å². The SMILES string of the molecule is CCOC(=O)C1=C(c2ccc(OC)cc2)Nc2nc3ccccc3n2[C@H]1c1ccccc1OC. The minimum Gasteiger partial charge on any atom is -0.497 e. The Morgan fingerprint density at radius 2 is 1.71 bits per heavy atom. The fraction of sp³-hybridized carbons (Fsp3) is 0.185. The highest BCUT2D eigenvalue weighted by Crippen LogP contribution is 2.44. The van der Waals surface area contributed by atoms with Gasteiger partial charge in [-0.2, -0.15) is 0 Å². The van der Waals surface area contributed by atoms with Crippen molar-refractivity contribution in [1.82, 2.24) is 9.55 Å². The standard InChI is InChI=1S/C27H25N3O4/c1-4-34-26(31)23-24(17-13-15-18(32-2)16-14-17)29-27-28-20-10-6-7-11-21(20)30(27)25(23)19-9-5-8-12-22(19)33-3/h5-16,25H,4H2,1-3H3,(H,28,29)/t25-/m0/s1. The smallest absolute Gasteiger partial charge is 0.338 e. The monoisotopic (exact) mass is 455 g/mol. The van der Waals surface area contributed by atoms with E-state index in [9.17, 15) is 4.79 Å². The first-order valence-electron chi connectivity index (χ1n) is 11.1. The van der Waals surface area contributed by atoms with Gasteiger partial charge in [-0.1, -0.05) is 30.3 Å². The number of aromatic nitrogens is 2. The molecule has 1 aliphatic rings. The molecular weight excluding hydrogens is 430 g/mol. The van der Waals surface area contributed by atoms with Crippen molar-refractivity contribution >= 4 is 28.6 Å². The molecule has 0 saturated heterocycles. The topological polar surface area (TPSA) is 74.6 Å². The molecular formula is C27H25N3O4. The number of ether oxygens (including phenoxy) is 3. The van der Waals surface area contributed by atoms with Gasteiger partial charge in [0.15, 0.2) is 0 Å². The predicted molar refractivity (Wildman–Crippen MR) is 131 cm³/mol. The molecule has 2 heterocycles. The number of para-hydroxylation sites is 3. The second-order valence-corrected chi connectivity index (χ2v) is 7.80. The molecule has 7 heteroatoms. The third kappa shape index (κ3) is 3.55. The number of hydrogen-bond donors (Lipinski definition) is 1. The van der Waals surface area contributed by atoms with Gasteiger partial charge in [0.2, 0.25) is 5.95 Å². The summed E-state index contributed by atoms with van der Waals surface area (Å²) in [6, 6.07) is 22.6. The number of nitrogens with one attached hydrogen (secondary N) is 1. The molecule has 1 N–H and O–H groups in total. The molecule has 34 heavy (non-hydrogen) atoms. The van der Waals surface area contributed by atoms with E-state index in [0.717, 1.165) is 27.9 Å². The number of fused-ring (bicyclic) bond motifs is 3. The number of esters is 1. The van der Waals surface area contributed by atoms with Gasteiger partial charge >= 0.3 is 5.97 Å². The highest BCUT2D eigenvalue weighted by molar-refractivity contribution is 6.03. The Bertz CT molecular complexity index is 1390. The molecule has 0 bridgehead atoms. The molecule has 0 fully saturated rings. The highest BCUT2D eigenvalue weighted by atomic mass is 16.5. The van der Waals surface area contributed by atoms with Crippen molar-refractivity contribution in [3.63, 3.8) is 0 Å². The minimum absolute atomic E-state index is 0.258. The van der Waals surface area contributed by atoms with Crippen LogP contribution in [0.3, 0.4) is 0 Å². The maximum Gasteiger partial charge on any atom is 0.338 e. The van der Waals surface area contributed by atoms with E-state index in [-0.39, 0.29) is 6.61 Å². The highest BCUT2D eigenvalue weighted by Gasteiger charge is 2.38. The van der Waals surface area contributed by atoms with Crippen LogP contribution >= 0.6 is 0 Å². The zero-order valence-corrected chi connectivity index (χ0v) is 19.2. The lowest BCUT2D eigenvalue weighted by molar-refractivity contribution is -0.138. The molecule has 172 valence electrons. The summed E-state index contributed by atoms with van der Waals surface area (Å²) in [6.07, 6.45) is 0. The van der Waals surface area contributed by atoms with E-state index in [4.69, 9.17) is 19.2 Å². The summed E-state index contributed by atoms with van der Waals surface area (Å²) in [6.45, 7) is 2.06. The summed E-state index contributed by atoms with van der Waals surface area (Å²) < 4.78 is 18.6. The number of hydrogen-bond acceptors (Lipinski definition) is 6. The van der Waals surface area contributed by atoms with Crippen molar-refractivity contribution in [2.75, 3.05) is 26.1 Å². The van der Waals surface area contributed by atoms with Gasteiger partial charge in [-0.3, -0.25) is 4.57 Å². The molecule has 0 spiro atoms. The lowest BCUT2D eigenvalue weighted by Crippen LogP contribution is -2.29. The first-order valence-corrected chi connectivity index (χ1v) is 11.1. The van der Waals surface area contributed by atoms with E-state index >= 15 is 0 Å². The van der Waals surface area contributed by atoms with Crippen LogP contribution in [0.1, 0.15) is 24.1 Å². The van der Waals surface area contributed by atoms with E-state index in [0.29, 0.717) is 23.0 Å². The summed E-state index contributed by atoms with van der Waals surface area (Å²) in [5.41, 5.74) is 4.50. The Labute approximate surface area is 197 Å². The van der Waals surface area contributed by atoms with E-state index < -0.39 is 12.0 Å². The lowest BCUT2D eigenvalue weighted by Gasteiger charge is -2.32. The largest absolute Gasteiger partial charge is 0.497 e. The number of carbonyl (C=O) groups excluding carboxylic acids is 1. The van der Waals surface area contributed by atoms with E-state index in [1.54, 1.807) is 21.1 Å². The van der Waals surface area contributed by atoms with Gasteiger partial charge in [-0.25, -0.2) is 9.78 Å². The van der Waals surface area contributed by atoms with Crippen molar-refractivity contribution in [2.45, 2.75) is 13.0 Å². The van der Waals surface area contributed by atoms with Crippen molar-refractivity contribution in [3.8, 4) is 11.5 Å². The fourth-order valence-electron chi connectivity index (χ4n) is 4.43. The van der Waals surface area contributed by atoms with Crippen LogP contribution in [0.4, 0.5) is 5.95 Å². The number of rotatable bonds is 6. The van der Waals surface area contributed by atoms with E-state index in [2.05, 4.69) is 5.32 Å². The summed E-state index contributed by atoms with van der Waals surface area (Å²) in [5, 5.41) is 3.42. The molecule has 1 atom stereocenters. The zero-order chi connectivity index (χ0) is 23.7. The minimum atomic E-state index is -0.518. The Morgan fingerprint density at radius 1 is 0.971 bits per heavy atom. The van der Waals surface area contributed by atoms with Crippen LogP contribution in [-0.2, 0) is 9.53 Å². The van der Waals surface area contributed by atoms with Crippen molar-refractivity contribution in [2.24, 2.45) is 0 Å². The number of benzene rings is 3. The lowest BCUT2D eigenvalue weighted by atomic mass is 9.91. The average Bonchev–Trinajstić information content (AvgIpc) is 3.26. The third-order valence-corrected chi connectivity index (χ3v) is 5.94. The molecule has 7 nitrogen and oxygen atoms in total. The zero-order valence-electron chi connectivity index (χ0n) is 19.2. The third-order valence-electron chi connectivity index (χ3n) is 5.94. The second-order valence-electron chi connectivity index (χ2n) is 7.80. The normalized spacial score (nSPS) is 15.0. The van der Waals surface area contributed by atoms with Gasteiger partial charge in [0, 0.05) is 5.56 Å². The number of imidazole rings is 1. The number of carbonyl (C=O) groups is 1.